The maximum absolute atomic E-state index is 5.84. The Hall–Kier alpha value is -1.02. The molecule has 1 aromatic rings. The summed E-state index contributed by atoms with van der Waals surface area (Å²) in [4.78, 5) is 2.53. The Labute approximate surface area is 105 Å². The summed E-state index contributed by atoms with van der Waals surface area (Å²) in [6.45, 7) is 10.9. The first-order chi connectivity index (χ1) is 7.94. The third kappa shape index (κ3) is 2.32. The van der Waals surface area contributed by atoms with Gasteiger partial charge in [-0.05, 0) is 63.8 Å². The molecule has 1 unspecified atom stereocenters. The van der Waals surface area contributed by atoms with Gasteiger partial charge >= 0.3 is 0 Å². The van der Waals surface area contributed by atoms with Crippen LogP contribution in [0.15, 0.2) is 18.2 Å². The first-order valence-corrected chi connectivity index (χ1v) is 6.49. The number of hydrogen-bond donors (Lipinski definition) is 1. The molecule has 94 valence electrons. The van der Waals surface area contributed by atoms with Gasteiger partial charge in [-0.1, -0.05) is 12.1 Å². The average molecular weight is 232 g/mol. The maximum Gasteiger partial charge on any atom is 0.0403 e. The molecule has 1 fully saturated rings. The van der Waals surface area contributed by atoms with Crippen molar-refractivity contribution in [2.75, 3.05) is 18.0 Å². The molecule has 0 amide bonds. The van der Waals surface area contributed by atoms with Crippen molar-refractivity contribution in [3.8, 4) is 0 Å². The summed E-state index contributed by atoms with van der Waals surface area (Å²) in [5, 5.41) is 0. The van der Waals surface area contributed by atoms with Crippen LogP contribution in [-0.2, 0) is 0 Å². The van der Waals surface area contributed by atoms with Gasteiger partial charge < -0.3 is 10.6 Å². The lowest BCUT2D eigenvalue weighted by Gasteiger charge is -2.35. The minimum absolute atomic E-state index is 0.225. The van der Waals surface area contributed by atoms with Crippen LogP contribution in [-0.4, -0.2) is 18.6 Å². The number of nitrogens with two attached hydrogens (primary N) is 1. The second kappa shape index (κ2) is 4.34. The third-order valence-electron chi connectivity index (χ3n) is 3.95. The number of rotatable bonds is 2. The molecular weight excluding hydrogens is 208 g/mol. The van der Waals surface area contributed by atoms with Crippen LogP contribution >= 0.6 is 0 Å². The molecular formula is C15H24N2. The lowest BCUT2D eigenvalue weighted by molar-refractivity contribution is 0.476. The summed E-state index contributed by atoms with van der Waals surface area (Å²) in [5.41, 5.74) is 10.1. The van der Waals surface area contributed by atoms with E-state index in [1.807, 2.05) is 0 Å². The normalized spacial score (nSPS) is 23.1. The Morgan fingerprint density at radius 2 is 2.06 bits per heavy atom. The average Bonchev–Trinajstić information content (AvgIpc) is 2.57. The molecule has 0 aromatic heterocycles. The van der Waals surface area contributed by atoms with Crippen LogP contribution in [0.3, 0.4) is 0 Å². The fraction of sp³-hybridized carbons (Fsp3) is 0.600. The molecule has 2 rings (SSSR count). The third-order valence-corrected chi connectivity index (χ3v) is 3.95. The monoisotopic (exact) mass is 232 g/mol. The number of aryl methyl sites for hydroxylation is 2. The molecule has 1 aromatic carbocycles. The fourth-order valence-electron chi connectivity index (χ4n) is 2.98. The highest BCUT2D eigenvalue weighted by molar-refractivity contribution is 5.57. The van der Waals surface area contributed by atoms with Crippen molar-refractivity contribution in [2.24, 2.45) is 11.7 Å². The zero-order valence-corrected chi connectivity index (χ0v) is 11.5. The zero-order chi connectivity index (χ0) is 12.6. The first kappa shape index (κ1) is 12.4. The van der Waals surface area contributed by atoms with Gasteiger partial charge in [-0.15, -0.1) is 0 Å². The van der Waals surface area contributed by atoms with E-state index in [1.165, 1.54) is 23.2 Å². The summed E-state index contributed by atoms with van der Waals surface area (Å²) in [7, 11) is 0. The summed E-state index contributed by atoms with van der Waals surface area (Å²) >= 11 is 0. The Morgan fingerprint density at radius 1 is 1.35 bits per heavy atom. The van der Waals surface area contributed by atoms with Crippen molar-refractivity contribution >= 4 is 5.69 Å². The highest BCUT2D eigenvalue weighted by Crippen LogP contribution is 2.38. The molecule has 1 saturated heterocycles. The van der Waals surface area contributed by atoms with Gasteiger partial charge in [0, 0.05) is 17.8 Å². The minimum atomic E-state index is 0.225. The molecule has 2 N–H and O–H groups in total. The molecule has 2 nitrogen and oxygen atoms in total. The van der Waals surface area contributed by atoms with Gasteiger partial charge in [-0.3, -0.25) is 0 Å². The molecule has 1 atom stereocenters. The minimum Gasteiger partial charge on any atom is -0.366 e. The SMILES string of the molecule is Cc1ccc(C)c(N2CC(CN)CC2(C)C)c1. The molecule has 1 heterocycles. The van der Waals surface area contributed by atoms with Gasteiger partial charge in [0.25, 0.3) is 0 Å². The van der Waals surface area contributed by atoms with Crippen LogP contribution in [0.1, 0.15) is 31.4 Å². The number of hydrogen-bond acceptors (Lipinski definition) is 2. The lowest BCUT2D eigenvalue weighted by atomic mass is 9.96. The Bertz CT molecular complexity index is 409. The second-order valence-corrected chi connectivity index (χ2v) is 6.02. The molecule has 0 radical (unpaired) electrons. The van der Waals surface area contributed by atoms with E-state index in [-0.39, 0.29) is 5.54 Å². The number of benzene rings is 1. The summed E-state index contributed by atoms with van der Waals surface area (Å²) in [6.07, 6.45) is 1.19. The first-order valence-electron chi connectivity index (χ1n) is 6.49. The lowest BCUT2D eigenvalue weighted by Crippen LogP contribution is -2.38. The smallest absolute Gasteiger partial charge is 0.0403 e. The van der Waals surface area contributed by atoms with Crippen LogP contribution in [0.5, 0.6) is 0 Å². The molecule has 1 aliphatic heterocycles. The second-order valence-electron chi connectivity index (χ2n) is 6.02. The molecule has 0 aliphatic carbocycles. The van der Waals surface area contributed by atoms with Crippen LogP contribution in [0.2, 0.25) is 0 Å². The van der Waals surface area contributed by atoms with E-state index in [4.69, 9.17) is 5.73 Å². The van der Waals surface area contributed by atoms with Crippen molar-refractivity contribution in [1.29, 1.82) is 0 Å². The molecule has 0 saturated carbocycles. The maximum atomic E-state index is 5.84. The van der Waals surface area contributed by atoms with E-state index in [0.717, 1.165) is 13.1 Å². The predicted molar refractivity (Wildman–Crippen MR) is 74.5 cm³/mol. The van der Waals surface area contributed by atoms with Crippen molar-refractivity contribution in [1.82, 2.24) is 0 Å². The van der Waals surface area contributed by atoms with Gasteiger partial charge in [0.2, 0.25) is 0 Å². The van der Waals surface area contributed by atoms with Gasteiger partial charge in [0.05, 0.1) is 0 Å². The topological polar surface area (TPSA) is 29.3 Å². The van der Waals surface area contributed by atoms with Crippen LogP contribution < -0.4 is 10.6 Å². The van der Waals surface area contributed by atoms with Crippen molar-refractivity contribution < 1.29 is 0 Å². The Morgan fingerprint density at radius 3 is 2.65 bits per heavy atom. The van der Waals surface area contributed by atoms with E-state index in [0.29, 0.717) is 5.92 Å². The van der Waals surface area contributed by atoms with Gasteiger partial charge in [-0.2, -0.15) is 0 Å². The van der Waals surface area contributed by atoms with Gasteiger partial charge in [0.15, 0.2) is 0 Å². The Balaban J connectivity index is 2.36. The van der Waals surface area contributed by atoms with Crippen molar-refractivity contribution in [2.45, 2.75) is 39.7 Å². The molecule has 1 aliphatic rings. The summed E-state index contributed by atoms with van der Waals surface area (Å²) in [5.74, 6) is 0.630. The largest absolute Gasteiger partial charge is 0.366 e. The summed E-state index contributed by atoms with van der Waals surface area (Å²) in [6, 6.07) is 6.70. The van der Waals surface area contributed by atoms with E-state index in [1.54, 1.807) is 0 Å². The zero-order valence-electron chi connectivity index (χ0n) is 11.5. The molecule has 2 heteroatoms. The predicted octanol–water partition coefficient (Wildman–Crippen LogP) is 2.87. The van der Waals surface area contributed by atoms with Crippen molar-refractivity contribution in [3.63, 3.8) is 0 Å². The van der Waals surface area contributed by atoms with E-state index in [2.05, 4.69) is 50.8 Å². The molecule has 0 bridgehead atoms. The molecule has 0 spiro atoms. The van der Waals surface area contributed by atoms with Gasteiger partial charge in [0.1, 0.15) is 0 Å². The standard InChI is InChI=1S/C15H24N2/c1-11-5-6-12(2)14(7-11)17-10-13(9-16)8-15(17,3)4/h5-7,13H,8-10,16H2,1-4H3. The van der Waals surface area contributed by atoms with E-state index in [9.17, 15) is 0 Å². The highest BCUT2D eigenvalue weighted by atomic mass is 15.2. The van der Waals surface area contributed by atoms with Crippen LogP contribution in [0.4, 0.5) is 5.69 Å². The van der Waals surface area contributed by atoms with E-state index < -0.39 is 0 Å². The van der Waals surface area contributed by atoms with Crippen LogP contribution in [0, 0.1) is 19.8 Å². The van der Waals surface area contributed by atoms with E-state index >= 15 is 0 Å². The highest BCUT2D eigenvalue weighted by Gasteiger charge is 2.38. The van der Waals surface area contributed by atoms with Crippen molar-refractivity contribution in [3.05, 3.63) is 29.3 Å². The summed E-state index contributed by atoms with van der Waals surface area (Å²) < 4.78 is 0. The fourth-order valence-corrected chi connectivity index (χ4v) is 2.98. The number of nitrogens with zero attached hydrogens (tertiary/aromatic N) is 1. The molecule has 17 heavy (non-hydrogen) atoms. The number of anilines is 1. The van der Waals surface area contributed by atoms with Crippen LogP contribution in [0.25, 0.3) is 0 Å². The quantitative estimate of drug-likeness (QED) is 0.849. The van der Waals surface area contributed by atoms with Gasteiger partial charge in [-0.25, -0.2) is 0 Å². The Kier molecular flexibility index (Phi) is 3.17.